The Balaban J connectivity index is 2.42. The Labute approximate surface area is 111 Å². The number of H-pyrrole nitrogens is 1. The van der Waals surface area contributed by atoms with Crippen molar-refractivity contribution in [2.45, 2.75) is 32.7 Å². The zero-order chi connectivity index (χ0) is 14.0. The van der Waals surface area contributed by atoms with E-state index in [0.717, 1.165) is 17.3 Å². The normalized spacial score (nSPS) is 11.5. The summed E-state index contributed by atoms with van der Waals surface area (Å²) in [6, 6.07) is 9.03. The third kappa shape index (κ3) is 2.84. The molecule has 1 amide bonds. The lowest BCUT2D eigenvalue weighted by molar-refractivity contribution is 0.0910. The molecule has 100 valence electrons. The van der Waals surface area contributed by atoms with Crippen LogP contribution in [0.1, 0.15) is 37.6 Å². The summed E-state index contributed by atoms with van der Waals surface area (Å²) in [4.78, 5) is 26.8. The number of aromatic amines is 1. The molecule has 2 rings (SSSR count). The SMILES string of the molecule is CCC(C)(C)NC(=O)c1cc2ccccc2[nH]c1=O. The van der Waals surface area contributed by atoms with Crippen LogP contribution in [0.25, 0.3) is 10.9 Å². The Bertz CT molecular complexity index is 671. The van der Waals surface area contributed by atoms with E-state index in [0.29, 0.717) is 0 Å². The Hall–Kier alpha value is -2.10. The van der Waals surface area contributed by atoms with Crippen molar-refractivity contribution in [3.63, 3.8) is 0 Å². The van der Waals surface area contributed by atoms with Crippen LogP contribution in [0, 0.1) is 0 Å². The highest BCUT2D eigenvalue weighted by molar-refractivity contribution is 5.97. The van der Waals surface area contributed by atoms with Gasteiger partial charge in [0.05, 0.1) is 0 Å². The molecule has 4 heteroatoms. The lowest BCUT2D eigenvalue weighted by atomic mass is 10.0. The Kier molecular flexibility index (Phi) is 3.42. The van der Waals surface area contributed by atoms with E-state index in [4.69, 9.17) is 0 Å². The van der Waals surface area contributed by atoms with Crippen LogP contribution < -0.4 is 10.9 Å². The molecule has 19 heavy (non-hydrogen) atoms. The fourth-order valence-corrected chi connectivity index (χ4v) is 1.78. The number of hydrogen-bond donors (Lipinski definition) is 2. The molecule has 4 nitrogen and oxygen atoms in total. The van der Waals surface area contributed by atoms with Crippen LogP contribution in [0.15, 0.2) is 35.1 Å². The maximum Gasteiger partial charge on any atom is 0.261 e. The van der Waals surface area contributed by atoms with E-state index in [9.17, 15) is 9.59 Å². The van der Waals surface area contributed by atoms with E-state index in [-0.39, 0.29) is 22.6 Å². The van der Waals surface area contributed by atoms with Crippen molar-refractivity contribution in [2.24, 2.45) is 0 Å². The molecule has 0 bridgehead atoms. The Morgan fingerprint density at radius 3 is 2.68 bits per heavy atom. The molecule has 0 radical (unpaired) electrons. The molecule has 0 aliphatic carbocycles. The van der Waals surface area contributed by atoms with Gasteiger partial charge in [0, 0.05) is 11.1 Å². The van der Waals surface area contributed by atoms with Crippen molar-refractivity contribution in [1.82, 2.24) is 10.3 Å². The van der Waals surface area contributed by atoms with Gasteiger partial charge in [-0.15, -0.1) is 0 Å². The molecule has 0 aliphatic heterocycles. The van der Waals surface area contributed by atoms with E-state index in [2.05, 4.69) is 10.3 Å². The van der Waals surface area contributed by atoms with E-state index in [1.165, 1.54) is 0 Å². The minimum Gasteiger partial charge on any atom is -0.347 e. The quantitative estimate of drug-likeness (QED) is 0.888. The number of fused-ring (bicyclic) bond motifs is 1. The first-order valence-corrected chi connectivity index (χ1v) is 6.37. The summed E-state index contributed by atoms with van der Waals surface area (Å²) in [5, 5.41) is 3.72. The fraction of sp³-hybridized carbons (Fsp3) is 0.333. The number of aromatic nitrogens is 1. The summed E-state index contributed by atoms with van der Waals surface area (Å²) in [5.74, 6) is -0.334. The summed E-state index contributed by atoms with van der Waals surface area (Å²) in [7, 11) is 0. The van der Waals surface area contributed by atoms with Crippen LogP contribution in [0.5, 0.6) is 0 Å². The fourth-order valence-electron chi connectivity index (χ4n) is 1.78. The molecule has 2 aromatic rings. The number of carbonyl (C=O) groups excluding carboxylic acids is 1. The van der Waals surface area contributed by atoms with Gasteiger partial charge in [-0.1, -0.05) is 25.1 Å². The second-order valence-electron chi connectivity index (χ2n) is 5.29. The zero-order valence-electron chi connectivity index (χ0n) is 11.4. The van der Waals surface area contributed by atoms with Gasteiger partial charge in [0.2, 0.25) is 0 Å². The van der Waals surface area contributed by atoms with Gasteiger partial charge in [0.15, 0.2) is 0 Å². The highest BCUT2D eigenvalue weighted by Crippen LogP contribution is 2.12. The molecular weight excluding hydrogens is 240 g/mol. The zero-order valence-corrected chi connectivity index (χ0v) is 11.4. The summed E-state index contributed by atoms with van der Waals surface area (Å²) in [6.07, 6.45) is 0.796. The Morgan fingerprint density at radius 1 is 1.32 bits per heavy atom. The highest BCUT2D eigenvalue weighted by atomic mass is 16.2. The van der Waals surface area contributed by atoms with Crippen LogP contribution in [-0.2, 0) is 0 Å². The van der Waals surface area contributed by atoms with Gasteiger partial charge in [-0.2, -0.15) is 0 Å². The maximum atomic E-state index is 12.2. The third-order valence-corrected chi connectivity index (χ3v) is 3.33. The van der Waals surface area contributed by atoms with Crippen LogP contribution in [0.4, 0.5) is 0 Å². The van der Waals surface area contributed by atoms with Gasteiger partial charge in [0.1, 0.15) is 5.56 Å². The number of para-hydroxylation sites is 1. The molecule has 0 unspecified atom stereocenters. The first-order valence-electron chi connectivity index (χ1n) is 6.37. The Morgan fingerprint density at radius 2 is 2.00 bits per heavy atom. The van der Waals surface area contributed by atoms with Crippen molar-refractivity contribution in [1.29, 1.82) is 0 Å². The molecule has 1 heterocycles. The van der Waals surface area contributed by atoms with Crippen LogP contribution >= 0.6 is 0 Å². The molecule has 0 saturated carbocycles. The number of rotatable bonds is 3. The molecule has 2 N–H and O–H groups in total. The lowest BCUT2D eigenvalue weighted by Gasteiger charge is -2.24. The van der Waals surface area contributed by atoms with Crippen LogP contribution in [-0.4, -0.2) is 16.4 Å². The topological polar surface area (TPSA) is 62.0 Å². The van der Waals surface area contributed by atoms with Crippen molar-refractivity contribution in [2.75, 3.05) is 0 Å². The van der Waals surface area contributed by atoms with Crippen LogP contribution in [0.2, 0.25) is 0 Å². The van der Waals surface area contributed by atoms with Crippen molar-refractivity contribution >= 4 is 16.8 Å². The first-order chi connectivity index (χ1) is 8.93. The number of amides is 1. The monoisotopic (exact) mass is 258 g/mol. The molecule has 0 saturated heterocycles. The lowest BCUT2D eigenvalue weighted by Crippen LogP contribution is -2.44. The van der Waals surface area contributed by atoms with Gasteiger partial charge in [-0.25, -0.2) is 0 Å². The standard InChI is InChI=1S/C15H18N2O2/c1-4-15(2,3)17-14(19)11-9-10-7-5-6-8-12(10)16-13(11)18/h5-9H,4H2,1-3H3,(H,16,18)(H,17,19). The van der Waals surface area contributed by atoms with Crippen LogP contribution in [0.3, 0.4) is 0 Å². The van der Waals surface area contributed by atoms with Gasteiger partial charge in [0.25, 0.3) is 11.5 Å². The van der Waals surface area contributed by atoms with Crippen molar-refractivity contribution < 1.29 is 4.79 Å². The summed E-state index contributed by atoms with van der Waals surface area (Å²) in [6.45, 7) is 5.85. The second-order valence-corrected chi connectivity index (χ2v) is 5.29. The third-order valence-electron chi connectivity index (χ3n) is 3.33. The van der Waals surface area contributed by atoms with E-state index < -0.39 is 0 Å². The largest absolute Gasteiger partial charge is 0.347 e. The second kappa shape index (κ2) is 4.88. The highest BCUT2D eigenvalue weighted by Gasteiger charge is 2.20. The van der Waals surface area contributed by atoms with Crippen molar-refractivity contribution in [3.8, 4) is 0 Å². The number of nitrogens with one attached hydrogen (secondary N) is 2. The summed E-state index contributed by atoms with van der Waals surface area (Å²) < 4.78 is 0. The molecule has 0 spiro atoms. The maximum absolute atomic E-state index is 12.2. The molecule has 1 aromatic heterocycles. The van der Waals surface area contributed by atoms with Gasteiger partial charge in [-0.3, -0.25) is 9.59 Å². The van der Waals surface area contributed by atoms with E-state index in [1.54, 1.807) is 6.07 Å². The van der Waals surface area contributed by atoms with E-state index in [1.807, 2.05) is 45.0 Å². The number of benzene rings is 1. The summed E-state index contributed by atoms with van der Waals surface area (Å²) >= 11 is 0. The molecule has 1 aromatic carbocycles. The summed E-state index contributed by atoms with van der Waals surface area (Å²) in [5.41, 5.74) is 0.206. The minimum atomic E-state index is -0.358. The molecule has 0 atom stereocenters. The molecule has 0 fully saturated rings. The smallest absolute Gasteiger partial charge is 0.261 e. The van der Waals surface area contributed by atoms with Gasteiger partial charge < -0.3 is 10.3 Å². The number of hydrogen-bond acceptors (Lipinski definition) is 2. The van der Waals surface area contributed by atoms with Crippen molar-refractivity contribution in [3.05, 3.63) is 46.2 Å². The van der Waals surface area contributed by atoms with Gasteiger partial charge >= 0.3 is 0 Å². The average molecular weight is 258 g/mol. The predicted octanol–water partition coefficient (Wildman–Crippen LogP) is 2.45. The first kappa shape index (κ1) is 13.3. The predicted molar refractivity (Wildman–Crippen MR) is 76.4 cm³/mol. The molecule has 0 aliphatic rings. The number of pyridine rings is 1. The minimum absolute atomic E-state index is 0.153. The van der Waals surface area contributed by atoms with Gasteiger partial charge in [-0.05, 0) is 37.8 Å². The van der Waals surface area contributed by atoms with E-state index >= 15 is 0 Å². The average Bonchev–Trinajstić information content (AvgIpc) is 2.37. The molecular formula is C15H18N2O2. The number of carbonyl (C=O) groups is 1.